The molecule has 1 aliphatic heterocycles. The van der Waals surface area contributed by atoms with Gasteiger partial charge in [0.05, 0.1) is 6.54 Å². The summed E-state index contributed by atoms with van der Waals surface area (Å²) in [6.45, 7) is 2.42. The summed E-state index contributed by atoms with van der Waals surface area (Å²) in [4.78, 5) is 38.0. The topological polar surface area (TPSA) is 78.5 Å². The lowest BCUT2D eigenvalue weighted by molar-refractivity contribution is -0.117. The molecule has 0 atom stereocenters. The standard InChI is InChI=1S/C20H20BrN3O3/c1-13-10-15(21)7-8-17(13)23-18(25)12-22-20(27)14-4-2-5-16(11-14)24-9-3-6-19(24)26/h2,4-5,7-8,10-11H,3,6,9,12H2,1H3,(H,22,27)(H,23,25). The number of halogens is 1. The SMILES string of the molecule is Cc1cc(Br)ccc1NC(=O)CNC(=O)c1cccc(N2CCCC2=O)c1. The fourth-order valence-electron chi connectivity index (χ4n) is 2.96. The maximum absolute atomic E-state index is 12.4. The molecule has 0 bridgehead atoms. The van der Waals surface area contributed by atoms with Crippen LogP contribution in [-0.4, -0.2) is 30.8 Å². The van der Waals surface area contributed by atoms with E-state index in [0.717, 1.165) is 16.5 Å². The number of nitrogens with one attached hydrogen (secondary N) is 2. The number of nitrogens with zero attached hydrogens (tertiary/aromatic N) is 1. The highest BCUT2D eigenvalue weighted by atomic mass is 79.9. The molecule has 0 aromatic heterocycles. The second-order valence-electron chi connectivity index (χ2n) is 6.39. The number of carbonyl (C=O) groups is 3. The van der Waals surface area contributed by atoms with Gasteiger partial charge in [-0.1, -0.05) is 22.0 Å². The van der Waals surface area contributed by atoms with Gasteiger partial charge in [0.25, 0.3) is 5.91 Å². The third kappa shape index (κ3) is 4.74. The average Bonchev–Trinajstić information content (AvgIpc) is 3.08. The van der Waals surface area contributed by atoms with E-state index in [9.17, 15) is 14.4 Å². The molecule has 1 heterocycles. The minimum Gasteiger partial charge on any atom is -0.343 e. The minimum absolute atomic E-state index is 0.0665. The lowest BCUT2D eigenvalue weighted by Gasteiger charge is -2.16. The summed E-state index contributed by atoms with van der Waals surface area (Å²) in [6, 6.07) is 12.4. The maximum atomic E-state index is 12.4. The molecule has 3 amide bonds. The van der Waals surface area contributed by atoms with Crippen LogP contribution in [0.3, 0.4) is 0 Å². The van der Waals surface area contributed by atoms with Crippen molar-refractivity contribution in [2.45, 2.75) is 19.8 Å². The van der Waals surface area contributed by atoms with Crippen molar-refractivity contribution in [3.05, 3.63) is 58.1 Å². The molecule has 2 N–H and O–H groups in total. The van der Waals surface area contributed by atoms with Gasteiger partial charge in [-0.3, -0.25) is 14.4 Å². The Labute approximate surface area is 166 Å². The molecular formula is C20H20BrN3O3. The third-order valence-corrected chi connectivity index (χ3v) is 4.86. The second-order valence-corrected chi connectivity index (χ2v) is 7.31. The van der Waals surface area contributed by atoms with Crippen LogP contribution >= 0.6 is 15.9 Å². The first-order chi connectivity index (χ1) is 12.9. The molecule has 1 aliphatic rings. The van der Waals surface area contributed by atoms with Crippen LogP contribution in [0.2, 0.25) is 0 Å². The van der Waals surface area contributed by atoms with E-state index in [0.29, 0.717) is 29.9 Å². The monoisotopic (exact) mass is 429 g/mol. The molecule has 0 radical (unpaired) electrons. The van der Waals surface area contributed by atoms with E-state index in [-0.39, 0.29) is 24.3 Å². The molecule has 27 heavy (non-hydrogen) atoms. The van der Waals surface area contributed by atoms with E-state index in [1.54, 1.807) is 29.2 Å². The van der Waals surface area contributed by atoms with Crippen molar-refractivity contribution in [3.63, 3.8) is 0 Å². The van der Waals surface area contributed by atoms with Gasteiger partial charge in [-0.15, -0.1) is 0 Å². The van der Waals surface area contributed by atoms with Gasteiger partial charge in [0.1, 0.15) is 0 Å². The molecule has 2 aromatic carbocycles. The molecule has 0 unspecified atom stereocenters. The molecule has 140 valence electrons. The van der Waals surface area contributed by atoms with Crippen LogP contribution in [0.4, 0.5) is 11.4 Å². The van der Waals surface area contributed by atoms with E-state index in [2.05, 4.69) is 26.6 Å². The maximum Gasteiger partial charge on any atom is 0.251 e. The first kappa shape index (κ1) is 19.1. The van der Waals surface area contributed by atoms with Crippen molar-refractivity contribution in [1.82, 2.24) is 5.32 Å². The molecule has 1 fully saturated rings. The van der Waals surface area contributed by atoms with Crippen LogP contribution in [-0.2, 0) is 9.59 Å². The van der Waals surface area contributed by atoms with Gasteiger partial charge in [0.2, 0.25) is 11.8 Å². The first-order valence-corrected chi connectivity index (χ1v) is 9.48. The van der Waals surface area contributed by atoms with Crippen LogP contribution in [0.1, 0.15) is 28.8 Å². The Kier molecular flexibility index (Phi) is 5.91. The van der Waals surface area contributed by atoms with Gasteiger partial charge >= 0.3 is 0 Å². The lowest BCUT2D eigenvalue weighted by atomic mass is 10.1. The Bertz CT molecular complexity index is 898. The minimum atomic E-state index is -0.355. The molecule has 0 saturated carbocycles. The van der Waals surface area contributed by atoms with E-state index >= 15 is 0 Å². The van der Waals surface area contributed by atoms with Crippen molar-refractivity contribution >= 4 is 45.0 Å². The summed E-state index contributed by atoms with van der Waals surface area (Å²) in [5.41, 5.74) is 2.75. The van der Waals surface area contributed by atoms with Crippen LogP contribution in [0.15, 0.2) is 46.9 Å². The van der Waals surface area contributed by atoms with E-state index in [1.165, 1.54) is 0 Å². The summed E-state index contributed by atoms with van der Waals surface area (Å²) in [5.74, 6) is -0.595. The number of anilines is 2. The molecule has 2 aromatic rings. The van der Waals surface area contributed by atoms with E-state index in [1.807, 2.05) is 25.1 Å². The van der Waals surface area contributed by atoms with Gasteiger partial charge < -0.3 is 15.5 Å². The number of carbonyl (C=O) groups excluding carboxylic acids is 3. The highest BCUT2D eigenvalue weighted by molar-refractivity contribution is 9.10. The number of aryl methyl sites for hydroxylation is 1. The highest BCUT2D eigenvalue weighted by Crippen LogP contribution is 2.22. The van der Waals surface area contributed by atoms with Crippen molar-refractivity contribution < 1.29 is 14.4 Å². The summed E-state index contributed by atoms with van der Waals surface area (Å²) in [7, 11) is 0. The fraction of sp³-hybridized carbons (Fsp3) is 0.250. The fourth-order valence-corrected chi connectivity index (χ4v) is 3.44. The third-order valence-electron chi connectivity index (χ3n) is 4.37. The summed E-state index contributed by atoms with van der Waals surface area (Å²) >= 11 is 3.38. The number of benzene rings is 2. The normalized spacial score (nSPS) is 13.6. The van der Waals surface area contributed by atoms with Crippen molar-refractivity contribution in [1.29, 1.82) is 0 Å². The number of hydrogen-bond acceptors (Lipinski definition) is 3. The zero-order chi connectivity index (χ0) is 19.4. The van der Waals surface area contributed by atoms with Gasteiger partial charge in [0.15, 0.2) is 0 Å². The summed E-state index contributed by atoms with van der Waals surface area (Å²) in [5, 5.41) is 5.39. The number of amides is 3. The van der Waals surface area contributed by atoms with Crippen molar-refractivity contribution in [2.75, 3.05) is 23.3 Å². The number of rotatable bonds is 5. The predicted molar refractivity (Wildman–Crippen MR) is 108 cm³/mol. The van der Waals surface area contributed by atoms with Crippen molar-refractivity contribution in [2.24, 2.45) is 0 Å². The molecule has 7 heteroatoms. The first-order valence-electron chi connectivity index (χ1n) is 8.68. The van der Waals surface area contributed by atoms with Crippen molar-refractivity contribution in [3.8, 4) is 0 Å². The molecule has 3 rings (SSSR count). The molecule has 0 spiro atoms. The van der Waals surface area contributed by atoms with Crippen LogP contribution in [0.5, 0.6) is 0 Å². The van der Waals surface area contributed by atoms with Gasteiger partial charge in [-0.25, -0.2) is 0 Å². The molecule has 0 aliphatic carbocycles. The molecule has 6 nitrogen and oxygen atoms in total. The number of hydrogen-bond donors (Lipinski definition) is 2. The lowest BCUT2D eigenvalue weighted by Crippen LogP contribution is -2.33. The Morgan fingerprint density at radius 1 is 1.19 bits per heavy atom. The highest BCUT2D eigenvalue weighted by Gasteiger charge is 2.22. The van der Waals surface area contributed by atoms with Gasteiger partial charge in [-0.2, -0.15) is 0 Å². The van der Waals surface area contributed by atoms with E-state index in [4.69, 9.17) is 0 Å². The van der Waals surface area contributed by atoms with Gasteiger partial charge in [-0.05, 0) is 55.3 Å². The molecular weight excluding hydrogens is 410 g/mol. The zero-order valence-electron chi connectivity index (χ0n) is 14.9. The average molecular weight is 430 g/mol. The van der Waals surface area contributed by atoms with Crippen LogP contribution in [0, 0.1) is 6.92 Å². The van der Waals surface area contributed by atoms with E-state index < -0.39 is 0 Å². The smallest absolute Gasteiger partial charge is 0.251 e. The molecule has 1 saturated heterocycles. The Hall–Kier alpha value is -2.67. The Balaban J connectivity index is 1.59. The van der Waals surface area contributed by atoms with Crippen LogP contribution < -0.4 is 15.5 Å². The quantitative estimate of drug-likeness (QED) is 0.765. The zero-order valence-corrected chi connectivity index (χ0v) is 16.5. The second kappa shape index (κ2) is 8.35. The predicted octanol–water partition coefficient (Wildman–Crippen LogP) is 3.25. The Morgan fingerprint density at radius 3 is 2.70 bits per heavy atom. The Morgan fingerprint density at radius 2 is 2.00 bits per heavy atom. The summed E-state index contributed by atoms with van der Waals surface area (Å²) < 4.78 is 0.933. The van der Waals surface area contributed by atoms with Crippen LogP contribution in [0.25, 0.3) is 0 Å². The van der Waals surface area contributed by atoms with Gasteiger partial charge in [0, 0.05) is 34.4 Å². The summed E-state index contributed by atoms with van der Waals surface area (Å²) in [6.07, 6.45) is 1.36. The largest absolute Gasteiger partial charge is 0.343 e.